The molecule has 1 amide bonds. The van der Waals surface area contributed by atoms with Crippen LogP contribution < -0.4 is 0 Å². The van der Waals surface area contributed by atoms with Gasteiger partial charge in [0, 0.05) is 55.3 Å². The number of halogens is 1. The second kappa shape index (κ2) is 8.28. The van der Waals surface area contributed by atoms with Gasteiger partial charge in [-0.2, -0.15) is 0 Å². The maximum Gasteiger partial charge on any atom is 0.253 e. The normalized spacial score (nSPS) is 15.2. The monoisotopic (exact) mass is 356 g/mol. The van der Waals surface area contributed by atoms with E-state index in [-0.39, 0.29) is 11.7 Å². The highest BCUT2D eigenvalue weighted by atomic mass is 35.5. The van der Waals surface area contributed by atoms with Crippen LogP contribution >= 0.6 is 11.6 Å². The van der Waals surface area contributed by atoms with Crippen molar-refractivity contribution in [3.8, 4) is 0 Å². The quantitative estimate of drug-likeness (QED) is 0.771. The highest BCUT2D eigenvalue weighted by molar-refractivity contribution is 6.30. The molecule has 0 radical (unpaired) electrons. The number of hydrogen-bond acceptors (Lipinski definition) is 3. The van der Waals surface area contributed by atoms with Crippen LogP contribution in [0.25, 0.3) is 0 Å². The first-order valence-corrected chi connectivity index (χ1v) is 8.87. The molecular weight excluding hydrogens is 336 g/mol. The molecule has 3 rings (SSSR count). The Morgan fingerprint density at radius 1 is 0.840 bits per heavy atom. The number of rotatable bonds is 5. The Bertz CT molecular complexity index is 723. The summed E-state index contributed by atoms with van der Waals surface area (Å²) >= 11 is 5.87. The Kier molecular flexibility index (Phi) is 5.84. The van der Waals surface area contributed by atoms with Gasteiger partial charge in [0.05, 0.1) is 0 Å². The van der Waals surface area contributed by atoms with Crippen molar-refractivity contribution in [3.63, 3.8) is 0 Å². The lowest BCUT2D eigenvalue weighted by atomic mass is 10.1. The smallest absolute Gasteiger partial charge is 0.253 e. The number of hydrogen-bond donors (Lipinski definition) is 0. The van der Waals surface area contributed by atoms with Crippen molar-refractivity contribution < 1.29 is 9.59 Å². The molecular formula is C20H21ClN2O2. The number of Topliss-reactive ketones (excluding diaryl/α,β-unsaturated/α-hetero) is 1. The number of carbonyl (C=O) groups excluding carboxylic acids is 2. The third kappa shape index (κ3) is 4.68. The molecule has 130 valence electrons. The van der Waals surface area contributed by atoms with Gasteiger partial charge in [-0.1, -0.05) is 41.9 Å². The standard InChI is InChI=1S/C20H21ClN2O2/c21-18-8-6-17(7-9-18)20(25)23-14-12-22(13-15-23)11-10-19(24)16-4-2-1-3-5-16/h1-9H,10-15H2. The number of piperazine rings is 1. The minimum absolute atomic E-state index is 0.0386. The number of ketones is 1. The second-order valence-electron chi connectivity index (χ2n) is 6.18. The van der Waals surface area contributed by atoms with Crippen LogP contribution in [0.5, 0.6) is 0 Å². The average Bonchev–Trinajstić information content (AvgIpc) is 2.67. The van der Waals surface area contributed by atoms with Crippen molar-refractivity contribution in [2.24, 2.45) is 0 Å². The summed E-state index contributed by atoms with van der Waals surface area (Å²) < 4.78 is 0. The van der Waals surface area contributed by atoms with Crippen LogP contribution in [0.3, 0.4) is 0 Å². The molecule has 0 N–H and O–H groups in total. The molecule has 1 aliphatic heterocycles. The van der Waals surface area contributed by atoms with E-state index in [2.05, 4.69) is 4.90 Å². The van der Waals surface area contributed by atoms with Crippen molar-refractivity contribution >= 4 is 23.3 Å². The van der Waals surface area contributed by atoms with E-state index in [1.165, 1.54) is 0 Å². The first-order valence-electron chi connectivity index (χ1n) is 8.49. The van der Waals surface area contributed by atoms with Crippen LogP contribution in [0.4, 0.5) is 0 Å². The highest BCUT2D eigenvalue weighted by Gasteiger charge is 2.22. The summed E-state index contributed by atoms with van der Waals surface area (Å²) in [6.45, 7) is 3.68. The molecule has 1 aliphatic rings. The predicted octanol–water partition coefficient (Wildman–Crippen LogP) is 3.37. The minimum atomic E-state index is 0.0386. The fraction of sp³-hybridized carbons (Fsp3) is 0.300. The van der Waals surface area contributed by atoms with Crippen molar-refractivity contribution in [1.82, 2.24) is 9.80 Å². The third-order valence-corrected chi connectivity index (χ3v) is 4.75. The van der Waals surface area contributed by atoms with E-state index in [1.54, 1.807) is 24.3 Å². The number of benzene rings is 2. The van der Waals surface area contributed by atoms with Gasteiger partial charge in [0.25, 0.3) is 5.91 Å². The zero-order valence-corrected chi connectivity index (χ0v) is 14.8. The van der Waals surface area contributed by atoms with E-state index in [0.29, 0.717) is 30.1 Å². The van der Waals surface area contributed by atoms with Gasteiger partial charge in [0.15, 0.2) is 5.78 Å². The van der Waals surface area contributed by atoms with Gasteiger partial charge in [-0.3, -0.25) is 14.5 Å². The van der Waals surface area contributed by atoms with E-state index < -0.39 is 0 Å². The van der Waals surface area contributed by atoms with Crippen LogP contribution in [-0.4, -0.2) is 54.2 Å². The Balaban J connectivity index is 1.46. The van der Waals surface area contributed by atoms with Gasteiger partial charge in [-0.15, -0.1) is 0 Å². The summed E-state index contributed by atoms with van der Waals surface area (Å²) in [5, 5.41) is 0.629. The molecule has 0 bridgehead atoms. The molecule has 1 saturated heterocycles. The molecule has 25 heavy (non-hydrogen) atoms. The summed E-state index contributed by atoms with van der Waals surface area (Å²) in [4.78, 5) is 28.8. The fourth-order valence-electron chi connectivity index (χ4n) is 2.98. The minimum Gasteiger partial charge on any atom is -0.336 e. The first-order chi connectivity index (χ1) is 12.1. The Hall–Kier alpha value is -2.17. The molecule has 0 saturated carbocycles. The van der Waals surface area contributed by atoms with Crippen molar-refractivity contribution in [1.29, 1.82) is 0 Å². The molecule has 5 heteroatoms. The molecule has 1 heterocycles. The van der Waals surface area contributed by atoms with Crippen LogP contribution in [0.15, 0.2) is 54.6 Å². The van der Waals surface area contributed by atoms with Gasteiger partial charge < -0.3 is 4.90 Å². The van der Waals surface area contributed by atoms with Gasteiger partial charge in [0.2, 0.25) is 0 Å². The summed E-state index contributed by atoms with van der Waals surface area (Å²) in [5.74, 6) is 0.206. The molecule has 0 atom stereocenters. The molecule has 0 unspecified atom stereocenters. The maximum absolute atomic E-state index is 12.5. The van der Waals surface area contributed by atoms with E-state index in [4.69, 9.17) is 11.6 Å². The number of nitrogens with zero attached hydrogens (tertiary/aromatic N) is 2. The average molecular weight is 357 g/mol. The lowest BCUT2D eigenvalue weighted by Gasteiger charge is -2.34. The van der Waals surface area contributed by atoms with Gasteiger partial charge in [-0.25, -0.2) is 0 Å². The lowest BCUT2D eigenvalue weighted by Crippen LogP contribution is -2.49. The SMILES string of the molecule is O=C(CCN1CCN(C(=O)c2ccc(Cl)cc2)CC1)c1ccccc1. The zero-order chi connectivity index (χ0) is 17.6. The van der Waals surface area contributed by atoms with E-state index in [9.17, 15) is 9.59 Å². The van der Waals surface area contributed by atoms with E-state index in [0.717, 1.165) is 25.2 Å². The predicted molar refractivity (Wildman–Crippen MR) is 99.2 cm³/mol. The van der Waals surface area contributed by atoms with Crippen LogP contribution in [0.1, 0.15) is 27.1 Å². The highest BCUT2D eigenvalue weighted by Crippen LogP contribution is 2.13. The van der Waals surface area contributed by atoms with Crippen LogP contribution in [0, 0.1) is 0 Å². The van der Waals surface area contributed by atoms with Crippen LogP contribution in [-0.2, 0) is 0 Å². The molecule has 0 aromatic heterocycles. The van der Waals surface area contributed by atoms with Crippen molar-refractivity contribution in [2.45, 2.75) is 6.42 Å². The van der Waals surface area contributed by atoms with E-state index in [1.807, 2.05) is 35.2 Å². The Morgan fingerprint density at radius 3 is 2.12 bits per heavy atom. The number of amides is 1. The zero-order valence-electron chi connectivity index (χ0n) is 14.0. The van der Waals surface area contributed by atoms with Gasteiger partial charge >= 0.3 is 0 Å². The maximum atomic E-state index is 12.5. The van der Waals surface area contributed by atoms with Crippen molar-refractivity contribution in [2.75, 3.05) is 32.7 Å². The summed E-state index contributed by atoms with van der Waals surface area (Å²) in [6, 6.07) is 16.4. The van der Waals surface area contributed by atoms with Crippen LogP contribution in [0.2, 0.25) is 5.02 Å². The van der Waals surface area contributed by atoms with Gasteiger partial charge in [0.1, 0.15) is 0 Å². The fourth-order valence-corrected chi connectivity index (χ4v) is 3.10. The topological polar surface area (TPSA) is 40.6 Å². The Morgan fingerprint density at radius 2 is 1.48 bits per heavy atom. The molecule has 2 aromatic rings. The summed E-state index contributed by atoms with van der Waals surface area (Å²) in [7, 11) is 0. The molecule has 1 fully saturated rings. The van der Waals surface area contributed by atoms with E-state index >= 15 is 0 Å². The summed E-state index contributed by atoms with van der Waals surface area (Å²) in [6.07, 6.45) is 0.509. The molecule has 0 spiro atoms. The summed E-state index contributed by atoms with van der Waals surface area (Å²) in [5.41, 5.74) is 1.43. The number of carbonyl (C=O) groups is 2. The lowest BCUT2D eigenvalue weighted by molar-refractivity contribution is 0.0628. The van der Waals surface area contributed by atoms with Crippen molar-refractivity contribution in [3.05, 3.63) is 70.7 Å². The third-order valence-electron chi connectivity index (χ3n) is 4.50. The van der Waals surface area contributed by atoms with Gasteiger partial charge in [-0.05, 0) is 24.3 Å². The second-order valence-corrected chi connectivity index (χ2v) is 6.62. The first kappa shape index (κ1) is 17.6. The molecule has 0 aliphatic carbocycles. The Labute approximate surface area is 153 Å². The largest absolute Gasteiger partial charge is 0.336 e. The molecule has 4 nitrogen and oxygen atoms in total. The molecule has 2 aromatic carbocycles.